The maximum atomic E-state index is 12.3. The van der Waals surface area contributed by atoms with E-state index in [1.807, 2.05) is 0 Å². The van der Waals surface area contributed by atoms with E-state index in [1.165, 1.54) is 32.4 Å². The van der Waals surface area contributed by atoms with Gasteiger partial charge in [0.15, 0.2) is 34.6 Å². The topological polar surface area (TPSA) is 148 Å². The number of rotatable bonds is 16. The first-order valence-corrected chi connectivity index (χ1v) is 12.2. The molecular formula is C28H32N4O7. The molecule has 3 N–H and O–H groups in total. The van der Waals surface area contributed by atoms with Crippen molar-refractivity contribution in [2.45, 2.75) is 19.6 Å². The van der Waals surface area contributed by atoms with Gasteiger partial charge in [-0.15, -0.1) is 5.10 Å². The number of nitrogens with zero attached hydrogens (tertiary/aromatic N) is 3. The number of ether oxygens (including phenoxy) is 4. The molecule has 11 heteroatoms. The highest BCUT2D eigenvalue weighted by molar-refractivity contribution is 6.10. The molecule has 0 radical (unpaired) electrons. The standard InChI is InChI=1S/C28H32N4O7/c1-36-27-15-20(5-9-25(27)35)3-7-23(33)17-24(34)8-4-21-6-10-26(28(16-21)37-2)39-19-22-18-32(31-30-22)12-14-38-13-11-29/h3-10,15-16,18,35H,11-14,17,19,29H2,1-2H3. The van der Waals surface area contributed by atoms with Crippen molar-refractivity contribution in [2.24, 2.45) is 5.73 Å². The highest BCUT2D eigenvalue weighted by atomic mass is 16.5. The SMILES string of the molecule is COc1cc(C=CC(=O)CC(=O)C=Cc2ccc(OCc3cn(CCOCCN)nn3)c(OC)c2)ccc1O. The van der Waals surface area contributed by atoms with Crippen LogP contribution >= 0.6 is 0 Å². The van der Waals surface area contributed by atoms with E-state index < -0.39 is 0 Å². The molecule has 1 aromatic heterocycles. The largest absolute Gasteiger partial charge is 0.504 e. The normalized spacial score (nSPS) is 11.3. The molecule has 2 aromatic carbocycles. The lowest BCUT2D eigenvalue weighted by Crippen LogP contribution is -2.12. The van der Waals surface area contributed by atoms with Crippen LogP contribution in [0.15, 0.2) is 54.7 Å². The fourth-order valence-corrected chi connectivity index (χ4v) is 3.38. The van der Waals surface area contributed by atoms with Crippen molar-refractivity contribution >= 4 is 23.7 Å². The maximum Gasteiger partial charge on any atom is 0.163 e. The number of hydrogen-bond donors (Lipinski definition) is 2. The first kappa shape index (κ1) is 29.1. The fraction of sp³-hybridized carbons (Fsp3) is 0.286. The van der Waals surface area contributed by atoms with Gasteiger partial charge in [0.25, 0.3) is 0 Å². The van der Waals surface area contributed by atoms with Crippen molar-refractivity contribution in [3.63, 3.8) is 0 Å². The summed E-state index contributed by atoms with van der Waals surface area (Å²) in [5, 5.41) is 17.8. The van der Waals surface area contributed by atoms with Crippen LogP contribution in [0.25, 0.3) is 12.2 Å². The summed E-state index contributed by atoms with van der Waals surface area (Å²) in [5.74, 6) is 0.594. The van der Waals surface area contributed by atoms with E-state index in [4.69, 9.17) is 24.7 Å². The van der Waals surface area contributed by atoms with E-state index in [1.54, 1.807) is 53.4 Å². The zero-order chi connectivity index (χ0) is 28.0. The van der Waals surface area contributed by atoms with Gasteiger partial charge in [0.1, 0.15) is 12.3 Å². The van der Waals surface area contributed by atoms with Crippen molar-refractivity contribution in [3.8, 4) is 23.0 Å². The molecule has 39 heavy (non-hydrogen) atoms. The first-order valence-electron chi connectivity index (χ1n) is 12.2. The second kappa shape index (κ2) is 15.1. The Bertz CT molecular complexity index is 1320. The number of carbonyl (C=O) groups is 2. The first-order chi connectivity index (χ1) is 18.9. The Morgan fingerprint density at radius 1 is 0.949 bits per heavy atom. The van der Waals surface area contributed by atoms with Gasteiger partial charge in [-0.2, -0.15) is 0 Å². The number of methoxy groups -OCH3 is 2. The van der Waals surface area contributed by atoms with Gasteiger partial charge < -0.3 is 29.8 Å². The number of aromatic nitrogens is 3. The van der Waals surface area contributed by atoms with Crippen LogP contribution < -0.4 is 19.9 Å². The van der Waals surface area contributed by atoms with Crippen LogP contribution in [0.4, 0.5) is 0 Å². The summed E-state index contributed by atoms with van der Waals surface area (Å²) >= 11 is 0. The van der Waals surface area contributed by atoms with Crippen molar-refractivity contribution < 1.29 is 33.6 Å². The van der Waals surface area contributed by atoms with Crippen molar-refractivity contribution in [2.75, 3.05) is 34.0 Å². The molecule has 0 fully saturated rings. The lowest BCUT2D eigenvalue weighted by Gasteiger charge is -2.10. The molecule has 0 saturated heterocycles. The van der Waals surface area contributed by atoms with Crippen LogP contribution in [0.1, 0.15) is 23.2 Å². The van der Waals surface area contributed by atoms with Gasteiger partial charge >= 0.3 is 0 Å². The predicted octanol–water partition coefficient (Wildman–Crippen LogP) is 2.81. The monoisotopic (exact) mass is 536 g/mol. The Morgan fingerprint density at radius 3 is 2.28 bits per heavy atom. The van der Waals surface area contributed by atoms with Gasteiger partial charge in [-0.1, -0.05) is 29.5 Å². The number of phenolic OH excluding ortho intramolecular Hbond substituents is 1. The highest BCUT2D eigenvalue weighted by Crippen LogP contribution is 2.29. The molecule has 0 saturated carbocycles. The van der Waals surface area contributed by atoms with Crippen molar-refractivity contribution in [1.82, 2.24) is 15.0 Å². The summed E-state index contributed by atoms with van der Waals surface area (Å²) in [6.45, 7) is 2.22. The Kier molecular flexibility index (Phi) is 11.2. The van der Waals surface area contributed by atoms with E-state index in [0.29, 0.717) is 60.4 Å². The summed E-state index contributed by atoms with van der Waals surface area (Å²) in [7, 11) is 2.96. The predicted molar refractivity (Wildman–Crippen MR) is 145 cm³/mol. The number of aromatic hydroxyl groups is 1. The summed E-state index contributed by atoms with van der Waals surface area (Å²) in [6, 6.07) is 9.92. The number of ketones is 2. The third kappa shape index (κ3) is 9.40. The number of benzene rings is 2. The smallest absolute Gasteiger partial charge is 0.163 e. The second-order valence-electron chi connectivity index (χ2n) is 8.28. The van der Waals surface area contributed by atoms with Crippen LogP contribution in [-0.4, -0.2) is 65.6 Å². The number of carbonyl (C=O) groups excluding carboxylic acids is 2. The molecule has 0 aliphatic rings. The summed E-state index contributed by atoms with van der Waals surface area (Å²) in [4.78, 5) is 24.5. The molecular weight excluding hydrogens is 504 g/mol. The molecule has 0 aliphatic heterocycles. The molecule has 0 atom stereocenters. The molecule has 0 aliphatic carbocycles. The molecule has 0 bridgehead atoms. The van der Waals surface area contributed by atoms with E-state index >= 15 is 0 Å². The third-order valence-corrected chi connectivity index (χ3v) is 5.35. The van der Waals surface area contributed by atoms with E-state index in [9.17, 15) is 14.7 Å². The van der Waals surface area contributed by atoms with Crippen LogP contribution in [0.3, 0.4) is 0 Å². The molecule has 0 spiro atoms. The molecule has 0 amide bonds. The number of hydrogen-bond acceptors (Lipinski definition) is 10. The lowest BCUT2D eigenvalue weighted by atomic mass is 10.1. The molecule has 11 nitrogen and oxygen atoms in total. The zero-order valence-corrected chi connectivity index (χ0v) is 21.9. The summed E-state index contributed by atoms with van der Waals surface area (Å²) in [6.07, 6.45) is 7.33. The van der Waals surface area contributed by atoms with Crippen LogP contribution in [0, 0.1) is 0 Å². The molecule has 1 heterocycles. The van der Waals surface area contributed by atoms with Crippen LogP contribution in [-0.2, 0) is 27.5 Å². The summed E-state index contributed by atoms with van der Waals surface area (Å²) < 4.78 is 23.3. The minimum absolute atomic E-state index is 0.00254. The molecule has 0 unspecified atom stereocenters. The average Bonchev–Trinajstić information content (AvgIpc) is 3.40. The Morgan fingerprint density at radius 2 is 1.62 bits per heavy atom. The number of allylic oxidation sites excluding steroid dienone is 2. The minimum atomic E-state index is -0.349. The van der Waals surface area contributed by atoms with Gasteiger partial charge in [-0.25, -0.2) is 4.68 Å². The van der Waals surface area contributed by atoms with Crippen molar-refractivity contribution in [1.29, 1.82) is 0 Å². The zero-order valence-electron chi connectivity index (χ0n) is 21.9. The Labute approximate surface area is 226 Å². The maximum absolute atomic E-state index is 12.3. The van der Waals surface area contributed by atoms with Gasteiger partial charge in [-0.05, 0) is 47.5 Å². The molecule has 206 valence electrons. The lowest BCUT2D eigenvalue weighted by molar-refractivity contribution is -0.121. The summed E-state index contributed by atoms with van der Waals surface area (Å²) in [5.41, 5.74) is 7.41. The van der Waals surface area contributed by atoms with E-state index in [2.05, 4.69) is 10.3 Å². The van der Waals surface area contributed by atoms with Gasteiger partial charge in [0.2, 0.25) is 0 Å². The van der Waals surface area contributed by atoms with Gasteiger partial charge in [0, 0.05) is 6.54 Å². The number of phenols is 1. The quantitative estimate of drug-likeness (QED) is 0.159. The van der Waals surface area contributed by atoms with Crippen LogP contribution in [0.5, 0.6) is 23.0 Å². The van der Waals surface area contributed by atoms with Crippen LogP contribution in [0.2, 0.25) is 0 Å². The Hall–Kier alpha value is -4.48. The third-order valence-electron chi connectivity index (χ3n) is 5.35. The average molecular weight is 537 g/mol. The van der Waals surface area contributed by atoms with Crippen molar-refractivity contribution in [3.05, 3.63) is 71.6 Å². The number of nitrogens with two attached hydrogens (primary N) is 1. The highest BCUT2D eigenvalue weighted by Gasteiger charge is 2.09. The second-order valence-corrected chi connectivity index (χ2v) is 8.28. The molecule has 3 aromatic rings. The van der Waals surface area contributed by atoms with Gasteiger partial charge in [0.05, 0.1) is 46.6 Å². The van der Waals surface area contributed by atoms with E-state index in [-0.39, 0.29) is 30.3 Å². The fourth-order valence-electron chi connectivity index (χ4n) is 3.38. The van der Waals surface area contributed by atoms with E-state index in [0.717, 1.165) is 0 Å². The Balaban J connectivity index is 1.51. The van der Waals surface area contributed by atoms with Gasteiger partial charge in [-0.3, -0.25) is 9.59 Å². The minimum Gasteiger partial charge on any atom is -0.504 e. The molecule has 3 rings (SSSR count).